The number of anilines is 1. The van der Waals surface area contributed by atoms with Gasteiger partial charge in [0.2, 0.25) is 0 Å². The Hall–Kier alpha value is -2.89. The number of non-ortho nitro benzene ring substituents is 1. The van der Waals surface area contributed by atoms with E-state index in [1.807, 2.05) is 18.2 Å². The highest BCUT2D eigenvalue weighted by atomic mass is 16.6. The van der Waals surface area contributed by atoms with Gasteiger partial charge in [-0.3, -0.25) is 14.9 Å². The van der Waals surface area contributed by atoms with E-state index < -0.39 is 11.0 Å². The van der Waals surface area contributed by atoms with Crippen molar-refractivity contribution in [2.24, 2.45) is 0 Å². The van der Waals surface area contributed by atoms with Crippen molar-refractivity contribution in [3.63, 3.8) is 0 Å². The standard InChI is InChI=1S/C16H16N2O4/c1-11-10-13(18(20)21)8-9-15(11)17-16(19)12(2)22-14-6-4-3-5-7-14/h3-10,12H,1-2H3,(H,17,19). The van der Waals surface area contributed by atoms with Crippen molar-refractivity contribution in [2.45, 2.75) is 20.0 Å². The number of nitro groups is 1. The van der Waals surface area contributed by atoms with Crippen LogP contribution < -0.4 is 10.1 Å². The molecule has 0 aromatic heterocycles. The van der Waals surface area contributed by atoms with E-state index in [2.05, 4.69) is 5.32 Å². The molecule has 1 N–H and O–H groups in total. The van der Waals surface area contributed by atoms with E-state index in [0.29, 0.717) is 17.0 Å². The van der Waals surface area contributed by atoms with E-state index in [-0.39, 0.29) is 11.6 Å². The van der Waals surface area contributed by atoms with Crippen LogP contribution in [0.25, 0.3) is 0 Å². The lowest BCUT2D eigenvalue weighted by molar-refractivity contribution is -0.384. The molecular weight excluding hydrogens is 284 g/mol. The molecule has 114 valence electrons. The van der Waals surface area contributed by atoms with Crippen molar-refractivity contribution in [1.29, 1.82) is 0 Å². The molecule has 2 rings (SSSR count). The fraction of sp³-hybridized carbons (Fsp3) is 0.188. The number of nitrogens with one attached hydrogen (secondary N) is 1. The highest BCUT2D eigenvalue weighted by Crippen LogP contribution is 2.21. The van der Waals surface area contributed by atoms with Crippen molar-refractivity contribution in [2.75, 3.05) is 5.32 Å². The van der Waals surface area contributed by atoms with Crippen LogP contribution in [-0.4, -0.2) is 16.9 Å². The predicted molar refractivity (Wildman–Crippen MR) is 83.0 cm³/mol. The molecule has 0 heterocycles. The molecule has 1 atom stereocenters. The quantitative estimate of drug-likeness (QED) is 0.678. The lowest BCUT2D eigenvalue weighted by atomic mass is 10.1. The number of benzene rings is 2. The van der Waals surface area contributed by atoms with Gasteiger partial charge in [0.1, 0.15) is 5.75 Å². The maximum atomic E-state index is 12.1. The first-order valence-electron chi connectivity index (χ1n) is 6.75. The Morgan fingerprint density at radius 3 is 2.50 bits per heavy atom. The molecule has 22 heavy (non-hydrogen) atoms. The van der Waals surface area contributed by atoms with E-state index in [9.17, 15) is 14.9 Å². The maximum Gasteiger partial charge on any atom is 0.269 e. The van der Waals surface area contributed by atoms with Crippen LogP contribution >= 0.6 is 0 Å². The Morgan fingerprint density at radius 2 is 1.91 bits per heavy atom. The molecular formula is C16H16N2O4. The second kappa shape index (κ2) is 6.71. The molecule has 1 amide bonds. The fourth-order valence-corrected chi connectivity index (χ4v) is 1.89. The first-order valence-corrected chi connectivity index (χ1v) is 6.75. The van der Waals surface area contributed by atoms with Gasteiger partial charge in [-0.25, -0.2) is 0 Å². The van der Waals surface area contributed by atoms with Gasteiger partial charge in [0.25, 0.3) is 11.6 Å². The molecule has 0 saturated heterocycles. The molecule has 6 nitrogen and oxygen atoms in total. The minimum Gasteiger partial charge on any atom is -0.481 e. The number of hydrogen-bond acceptors (Lipinski definition) is 4. The highest BCUT2D eigenvalue weighted by Gasteiger charge is 2.16. The number of para-hydroxylation sites is 1. The smallest absolute Gasteiger partial charge is 0.269 e. The van der Waals surface area contributed by atoms with Gasteiger partial charge in [0, 0.05) is 17.8 Å². The summed E-state index contributed by atoms with van der Waals surface area (Å²) in [6.07, 6.45) is -0.683. The summed E-state index contributed by atoms with van der Waals surface area (Å²) in [4.78, 5) is 22.3. The highest BCUT2D eigenvalue weighted by molar-refractivity contribution is 5.94. The van der Waals surface area contributed by atoms with E-state index in [4.69, 9.17) is 4.74 Å². The average Bonchev–Trinajstić information content (AvgIpc) is 2.50. The summed E-state index contributed by atoms with van der Waals surface area (Å²) in [5.41, 5.74) is 1.14. The van der Waals surface area contributed by atoms with Crippen LogP contribution in [0.4, 0.5) is 11.4 Å². The molecule has 0 aliphatic rings. The van der Waals surface area contributed by atoms with Gasteiger partial charge in [0.05, 0.1) is 4.92 Å². The first kappa shape index (κ1) is 15.5. The number of hydrogen-bond donors (Lipinski definition) is 1. The number of amides is 1. The molecule has 2 aromatic rings. The van der Waals surface area contributed by atoms with Crippen LogP contribution in [0.2, 0.25) is 0 Å². The largest absolute Gasteiger partial charge is 0.481 e. The Balaban J connectivity index is 2.04. The SMILES string of the molecule is Cc1cc([N+](=O)[O-])ccc1NC(=O)C(C)Oc1ccccc1. The van der Waals surface area contributed by atoms with Crippen LogP contribution in [0.5, 0.6) is 5.75 Å². The monoisotopic (exact) mass is 300 g/mol. The molecule has 0 bridgehead atoms. The normalized spacial score (nSPS) is 11.5. The Kier molecular flexibility index (Phi) is 4.73. The summed E-state index contributed by atoms with van der Waals surface area (Å²) in [7, 11) is 0. The molecule has 0 spiro atoms. The van der Waals surface area contributed by atoms with Gasteiger partial charge in [-0.2, -0.15) is 0 Å². The topological polar surface area (TPSA) is 81.5 Å². The summed E-state index contributed by atoms with van der Waals surface area (Å²) in [5, 5.41) is 13.4. The van der Waals surface area contributed by atoms with E-state index >= 15 is 0 Å². The van der Waals surface area contributed by atoms with Crippen molar-refractivity contribution >= 4 is 17.3 Å². The first-order chi connectivity index (χ1) is 10.5. The number of nitro benzene ring substituents is 1. The Morgan fingerprint density at radius 1 is 1.23 bits per heavy atom. The molecule has 0 fully saturated rings. The third kappa shape index (κ3) is 3.82. The maximum absolute atomic E-state index is 12.1. The van der Waals surface area contributed by atoms with E-state index in [1.54, 1.807) is 26.0 Å². The van der Waals surface area contributed by atoms with Crippen LogP contribution in [0, 0.1) is 17.0 Å². The number of aryl methyl sites for hydroxylation is 1. The van der Waals surface area contributed by atoms with Gasteiger partial charge in [0.15, 0.2) is 6.10 Å². The summed E-state index contributed by atoms with van der Waals surface area (Å²) in [6.45, 7) is 3.34. The van der Waals surface area contributed by atoms with Crippen LogP contribution in [0.15, 0.2) is 48.5 Å². The number of rotatable bonds is 5. The molecule has 0 radical (unpaired) electrons. The van der Waals surface area contributed by atoms with Crippen molar-refractivity contribution in [3.8, 4) is 5.75 Å². The molecule has 1 unspecified atom stereocenters. The summed E-state index contributed by atoms with van der Waals surface area (Å²) < 4.78 is 5.53. The zero-order chi connectivity index (χ0) is 16.1. The molecule has 2 aromatic carbocycles. The molecule has 0 aliphatic carbocycles. The predicted octanol–water partition coefficient (Wildman–Crippen LogP) is 3.31. The lowest BCUT2D eigenvalue weighted by Gasteiger charge is -2.15. The van der Waals surface area contributed by atoms with Crippen molar-refractivity contribution < 1.29 is 14.5 Å². The lowest BCUT2D eigenvalue weighted by Crippen LogP contribution is -2.30. The molecule has 0 aliphatic heterocycles. The van der Waals surface area contributed by atoms with Gasteiger partial charge < -0.3 is 10.1 Å². The Labute approximate surface area is 127 Å². The third-order valence-corrected chi connectivity index (χ3v) is 3.10. The number of carbonyl (C=O) groups excluding carboxylic acids is 1. The fourth-order valence-electron chi connectivity index (χ4n) is 1.89. The number of nitrogens with zero attached hydrogens (tertiary/aromatic N) is 1. The second-order valence-corrected chi connectivity index (χ2v) is 4.82. The summed E-state index contributed by atoms with van der Waals surface area (Å²) in [6, 6.07) is 13.3. The number of carbonyl (C=O) groups is 1. The third-order valence-electron chi connectivity index (χ3n) is 3.10. The second-order valence-electron chi connectivity index (χ2n) is 4.82. The van der Waals surface area contributed by atoms with Crippen LogP contribution in [0.1, 0.15) is 12.5 Å². The molecule has 0 saturated carbocycles. The average molecular weight is 300 g/mol. The zero-order valence-corrected chi connectivity index (χ0v) is 12.3. The van der Waals surface area contributed by atoms with E-state index in [0.717, 1.165) is 0 Å². The van der Waals surface area contributed by atoms with Crippen LogP contribution in [-0.2, 0) is 4.79 Å². The zero-order valence-electron chi connectivity index (χ0n) is 12.3. The minimum atomic E-state index is -0.683. The van der Waals surface area contributed by atoms with Gasteiger partial charge in [-0.05, 0) is 37.6 Å². The Bertz CT molecular complexity index is 686. The number of ether oxygens (including phenoxy) is 1. The van der Waals surface area contributed by atoms with Crippen molar-refractivity contribution in [3.05, 3.63) is 64.2 Å². The van der Waals surface area contributed by atoms with Crippen molar-refractivity contribution in [1.82, 2.24) is 0 Å². The van der Waals surface area contributed by atoms with Gasteiger partial charge in [-0.1, -0.05) is 18.2 Å². The summed E-state index contributed by atoms with van der Waals surface area (Å²) in [5.74, 6) is 0.284. The van der Waals surface area contributed by atoms with Gasteiger partial charge >= 0.3 is 0 Å². The minimum absolute atomic E-state index is 0.0101. The summed E-state index contributed by atoms with van der Waals surface area (Å²) >= 11 is 0. The van der Waals surface area contributed by atoms with Crippen LogP contribution in [0.3, 0.4) is 0 Å². The van der Waals surface area contributed by atoms with E-state index in [1.165, 1.54) is 18.2 Å². The van der Waals surface area contributed by atoms with Gasteiger partial charge in [-0.15, -0.1) is 0 Å². The molecule has 6 heteroatoms.